The Balaban J connectivity index is 2.29. The molecule has 1 aromatic carbocycles. The molecule has 1 aliphatic rings. The van der Waals surface area contributed by atoms with Gasteiger partial charge in [-0.2, -0.15) is 0 Å². The highest BCUT2D eigenvalue weighted by atomic mass is 32.1. The fraction of sp³-hybridized carbons (Fsp3) is 0.412. The van der Waals surface area contributed by atoms with Crippen molar-refractivity contribution in [2.24, 2.45) is 63.1 Å². The second kappa shape index (κ2) is 9.71. The summed E-state index contributed by atoms with van der Waals surface area (Å²) in [5.74, 6) is -4.62. The van der Waals surface area contributed by atoms with E-state index in [1.807, 2.05) is 0 Å². The van der Waals surface area contributed by atoms with Crippen molar-refractivity contribution in [3.63, 3.8) is 0 Å². The van der Waals surface area contributed by atoms with Gasteiger partial charge in [-0.3, -0.25) is 38.4 Å². The van der Waals surface area contributed by atoms with Crippen molar-refractivity contribution in [2.45, 2.75) is 29.3 Å². The Kier molecular flexibility index (Phi) is 7.97. The molecule has 1 aromatic rings. The van der Waals surface area contributed by atoms with E-state index in [9.17, 15) is 4.79 Å². The van der Waals surface area contributed by atoms with E-state index >= 15 is 0 Å². The lowest BCUT2D eigenvalue weighted by atomic mass is 9.86. The molecule has 0 aliphatic carbocycles. The average molecular weight is 500 g/mol. The summed E-state index contributed by atoms with van der Waals surface area (Å²) in [5.41, 5.74) is 59.9. The number of nitrogens with two attached hydrogens (primary N) is 11. The van der Waals surface area contributed by atoms with Crippen LogP contribution in [0.5, 0.6) is 0 Å². The van der Waals surface area contributed by atoms with Gasteiger partial charge in [-0.1, -0.05) is 18.2 Å². The Hall–Kier alpha value is -2.36. The smallest absolute Gasteiger partial charge is 0.297 e. The second-order valence-electron chi connectivity index (χ2n) is 7.94. The zero-order valence-electron chi connectivity index (χ0n) is 18.3. The van der Waals surface area contributed by atoms with Crippen LogP contribution in [0.4, 0.5) is 5.69 Å². The monoisotopic (exact) mass is 499 g/mol. The van der Waals surface area contributed by atoms with E-state index in [2.05, 4.69) is 5.32 Å². The molecule has 0 unspecified atom stereocenters. The zero-order chi connectivity index (χ0) is 26.1. The fourth-order valence-electron chi connectivity index (χ4n) is 2.84. The summed E-state index contributed by atoms with van der Waals surface area (Å²) >= 11 is 5.10. The van der Waals surface area contributed by atoms with Gasteiger partial charge in [0.05, 0.1) is 19.3 Å². The molecule has 1 heterocycles. The molecular weight excluding hydrogens is 466 g/mol. The Bertz CT molecular complexity index is 958. The van der Waals surface area contributed by atoms with E-state index in [0.717, 1.165) is 4.90 Å². The standard InChI is InChI=1S/C17H33N13O3S/c18-12(19)14(20,21)15(22,23)16(24,25)29-9-4-2-1-3-8(9)7-10-11(31)30(13(34)33-10)5-6-32-17(26,27)28/h1-4,7,12,29H,5-6,18-28H2/b10-7+. The minimum absolute atomic E-state index is 0.00570. The number of anilines is 1. The molecule has 34 heavy (non-hydrogen) atoms. The minimum atomic E-state index is -2.21. The average Bonchev–Trinajstić information content (AvgIpc) is 2.95. The molecule has 17 heteroatoms. The van der Waals surface area contributed by atoms with E-state index in [4.69, 9.17) is 84.8 Å². The van der Waals surface area contributed by atoms with Crippen LogP contribution < -0.4 is 68.4 Å². The number of benzene rings is 1. The maximum absolute atomic E-state index is 12.8. The van der Waals surface area contributed by atoms with Crippen LogP contribution in [0.25, 0.3) is 6.08 Å². The zero-order valence-corrected chi connectivity index (χ0v) is 19.1. The largest absolute Gasteiger partial charge is 0.426 e. The molecule has 1 saturated heterocycles. The van der Waals surface area contributed by atoms with Crippen LogP contribution in [0.2, 0.25) is 0 Å². The Labute approximate surface area is 201 Å². The van der Waals surface area contributed by atoms with Crippen LogP contribution in [-0.4, -0.2) is 58.4 Å². The molecule has 0 aromatic heterocycles. The van der Waals surface area contributed by atoms with E-state index in [1.54, 1.807) is 24.3 Å². The van der Waals surface area contributed by atoms with Crippen molar-refractivity contribution in [3.05, 3.63) is 35.6 Å². The highest BCUT2D eigenvalue weighted by Crippen LogP contribution is 2.26. The lowest BCUT2D eigenvalue weighted by Crippen LogP contribution is -2.95. The molecule has 2 rings (SSSR count). The van der Waals surface area contributed by atoms with Crippen molar-refractivity contribution < 1.29 is 14.3 Å². The lowest BCUT2D eigenvalue weighted by molar-refractivity contribution is -0.124. The maximum atomic E-state index is 12.8. The minimum Gasteiger partial charge on any atom is -0.426 e. The molecule has 0 atom stereocenters. The number of thiocarbonyl (C=S) groups is 1. The van der Waals surface area contributed by atoms with E-state index < -0.39 is 35.2 Å². The third-order valence-electron chi connectivity index (χ3n) is 5.08. The Morgan fingerprint density at radius 2 is 1.65 bits per heavy atom. The van der Waals surface area contributed by atoms with Gasteiger partial charge in [-0.25, -0.2) is 0 Å². The van der Waals surface area contributed by atoms with Crippen LogP contribution in [0.3, 0.4) is 0 Å². The van der Waals surface area contributed by atoms with Gasteiger partial charge in [0.1, 0.15) is 5.66 Å². The number of carbonyl (C=O) groups is 1. The number of hydrogen-bond acceptors (Lipinski definition) is 16. The molecule has 0 saturated carbocycles. The van der Waals surface area contributed by atoms with E-state index in [0.29, 0.717) is 11.3 Å². The van der Waals surface area contributed by atoms with Gasteiger partial charge >= 0.3 is 0 Å². The predicted octanol–water partition coefficient (Wildman–Crippen LogP) is -5.87. The number of ether oxygens (including phenoxy) is 2. The number of hydrogen-bond donors (Lipinski definition) is 12. The van der Waals surface area contributed by atoms with Gasteiger partial charge < -0.3 is 49.2 Å². The highest BCUT2D eigenvalue weighted by molar-refractivity contribution is 7.80. The van der Waals surface area contributed by atoms with Crippen LogP contribution in [0, 0.1) is 0 Å². The topological polar surface area (TPSA) is 337 Å². The molecule has 0 bridgehead atoms. The number of rotatable bonds is 10. The molecule has 1 fully saturated rings. The Morgan fingerprint density at radius 1 is 1.06 bits per heavy atom. The van der Waals surface area contributed by atoms with Gasteiger partial charge in [0.2, 0.25) is 5.97 Å². The first-order valence-corrected chi connectivity index (χ1v) is 10.2. The number of carbonyl (C=O) groups excluding carboxylic acids is 1. The number of amides is 1. The van der Waals surface area contributed by atoms with Crippen molar-refractivity contribution in [3.8, 4) is 0 Å². The van der Waals surface area contributed by atoms with Crippen LogP contribution >= 0.6 is 12.2 Å². The number of para-hydroxylation sites is 1. The molecule has 16 nitrogen and oxygen atoms in total. The normalized spacial score (nSPS) is 17.1. The van der Waals surface area contributed by atoms with Gasteiger partial charge in [-0.15, -0.1) is 0 Å². The molecule has 190 valence electrons. The number of nitrogens with one attached hydrogen (secondary N) is 1. The summed E-state index contributed by atoms with van der Waals surface area (Å²) < 4.78 is 10.4. The first-order valence-electron chi connectivity index (χ1n) is 9.78. The molecule has 1 aliphatic heterocycles. The van der Waals surface area contributed by atoms with Gasteiger partial charge in [0.25, 0.3) is 11.1 Å². The summed E-state index contributed by atoms with van der Waals surface area (Å²) in [4.78, 5) is 13.9. The first kappa shape index (κ1) is 27.9. The number of nitrogens with zero attached hydrogens (tertiary/aromatic N) is 1. The van der Waals surface area contributed by atoms with E-state index in [-0.39, 0.29) is 24.1 Å². The van der Waals surface area contributed by atoms with Crippen LogP contribution in [0.1, 0.15) is 5.56 Å². The fourth-order valence-corrected chi connectivity index (χ4v) is 3.11. The third kappa shape index (κ3) is 5.82. The van der Waals surface area contributed by atoms with Gasteiger partial charge in [0, 0.05) is 11.3 Å². The molecular formula is C17H33N13O3S. The summed E-state index contributed by atoms with van der Waals surface area (Å²) in [5, 5.41) is 2.66. The van der Waals surface area contributed by atoms with Crippen LogP contribution in [0.15, 0.2) is 30.0 Å². The highest BCUT2D eigenvalue weighted by Gasteiger charge is 2.55. The third-order valence-corrected chi connectivity index (χ3v) is 5.39. The first-order chi connectivity index (χ1) is 15.4. The summed E-state index contributed by atoms with van der Waals surface area (Å²) in [6, 6.07) is 6.56. The van der Waals surface area contributed by atoms with Crippen LogP contribution in [-0.2, 0) is 14.3 Å². The molecule has 0 radical (unpaired) electrons. The summed E-state index contributed by atoms with van der Waals surface area (Å²) in [6.45, 7) is -0.0976. The van der Waals surface area contributed by atoms with Crippen molar-refractivity contribution in [2.75, 3.05) is 18.5 Å². The molecule has 0 spiro atoms. The Morgan fingerprint density at radius 3 is 2.21 bits per heavy atom. The van der Waals surface area contributed by atoms with Crippen molar-refractivity contribution >= 4 is 35.1 Å². The summed E-state index contributed by atoms with van der Waals surface area (Å²) in [7, 11) is 0. The quantitative estimate of drug-likeness (QED) is 0.0809. The molecule has 1 amide bonds. The SMILES string of the molecule is NC(N)C(N)(N)C(N)(N)C(N)(N)Nc1ccccc1/C=C1/OC(=S)N(CCOC(N)(N)N)C1=O. The lowest BCUT2D eigenvalue weighted by Gasteiger charge is -2.51. The van der Waals surface area contributed by atoms with E-state index in [1.165, 1.54) is 6.08 Å². The summed E-state index contributed by atoms with van der Waals surface area (Å²) in [6.07, 6.45) is 0.0331. The predicted molar refractivity (Wildman–Crippen MR) is 130 cm³/mol. The second-order valence-corrected chi connectivity index (χ2v) is 8.29. The molecule has 23 N–H and O–H groups in total. The van der Waals surface area contributed by atoms with Gasteiger partial charge in [0.15, 0.2) is 17.2 Å². The van der Waals surface area contributed by atoms with Crippen molar-refractivity contribution in [1.82, 2.24) is 4.90 Å². The maximum Gasteiger partial charge on any atom is 0.297 e. The van der Waals surface area contributed by atoms with Crippen molar-refractivity contribution in [1.29, 1.82) is 0 Å². The van der Waals surface area contributed by atoms with Gasteiger partial charge in [-0.05, 0) is 24.4 Å².